The molecule has 0 bridgehead atoms. The van der Waals surface area contributed by atoms with Crippen molar-refractivity contribution in [3.8, 4) is 0 Å². The second-order valence-electron chi connectivity index (χ2n) is 9.64. The molecule has 2 fully saturated rings. The predicted molar refractivity (Wildman–Crippen MR) is 150 cm³/mol. The molecule has 0 radical (unpaired) electrons. The van der Waals surface area contributed by atoms with Gasteiger partial charge in [-0.2, -0.15) is 0 Å². The lowest BCUT2D eigenvalue weighted by atomic mass is 9.76. The van der Waals surface area contributed by atoms with Gasteiger partial charge in [-0.25, -0.2) is 0 Å². The van der Waals surface area contributed by atoms with E-state index in [9.17, 15) is 19.8 Å². The number of aliphatic hydroxyl groups excluding tert-OH is 2. The van der Waals surface area contributed by atoms with E-state index in [1.807, 2.05) is 0 Å². The van der Waals surface area contributed by atoms with Gasteiger partial charge in [0.1, 0.15) is 10.9 Å². The highest BCUT2D eigenvalue weighted by atomic mass is 32.2. The molecule has 2 N–H and O–H groups in total. The van der Waals surface area contributed by atoms with Crippen LogP contribution in [0.25, 0.3) is 0 Å². The molecule has 0 spiro atoms. The van der Waals surface area contributed by atoms with Gasteiger partial charge in [0.05, 0.1) is 37.9 Å². The predicted octanol–water partition coefficient (Wildman–Crippen LogP) is 5.23. The van der Waals surface area contributed by atoms with E-state index < -0.39 is 17.3 Å². The molecule has 2 atom stereocenters. The fourth-order valence-corrected chi connectivity index (χ4v) is 6.24. The number of esters is 2. The van der Waals surface area contributed by atoms with Crippen LogP contribution in [0.5, 0.6) is 0 Å². The third-order valence-corrected chi connectivity index (χ3v) is 8.93. The van der Waals surface area contributed by atoms with E-state index in [-0.39, 0.29) is 60.7 Å². The number of ether oxygens (including phenoxy) is 6. The minimum atomic E-state index is -0.537. The van der Waals surface area contributed by atoms with Crippen LogP contribution in [0, 0.1) is 5.41 Å². The Kier molecular flexibility index (Phi) is 16.6. The Hall–Kier alpha value is -1.76. The number of carbonyl (C=O) groups excluding carboxylic acids is 2. The number of hydrogen-bond acceptors (Lipinski definition) is 12. The van der Waals surface area contributed by atoms with E-state index >= 15 is 0 Å². The fraction of sp³-hybridized carbons (Fsp3) is 0.778. The molecular weight excluding hydrogens is 548 g/mol. The van der Waals surface area contributed by atoms with E-state index in [0.717, 1.165) is 51.7 Å². The smallest absolute Gasteiger partial charge is 0.315 e. The number of rotatable bonds is 20. The third-order valence-electron chi connectivity index (χ3n) is 6.64. The highest BCUT2D eigenvalue weighted by molar-refractivity contribution is 8.00. The molecule has 12 heteroatoms. The molecule has 2 aliphatic heterocycles. The molecule has 224 valence electrons. The summed E-state index contributed by atoms with van der Waals surface area (Å²) >= 11 is 2.90. The largest absolute Gasteiger partial charge is 0.481 e. The summed E-state index contributed by atoms with van der Waals surface area (Å²) in [5.41, 5.74) is -0.490. The highest BCUT2D eigenvalue weighted by Gasteiger charge is 2.31. The number of hydrogen-bond donors (Lipinski definition) is 2. The molecular formula is C27H44O10S2. The lowest BCUT2D eigenvalue weighted by molar-refractivity contribution is -0.142. The first-order chi connectivity index (χ1) is 18.8. The van der Waals surface area contributed by atoms with Gasteiger partial charge >= 0.3 is 11.9 Å². The van der Waals surface area contributed by atoms with Gasteiger partial charge < -0.3 is 38.6 Å². The van der Waals surface area contributed by atoms with E-state index in [4.69, 9.17) is 28.4 Å². The molecule has 2 unspecified atom stereocenters. The summed E-state index contributed by atoms with van der Waals surface area (Å²) in [5, 5.41) is 18.8. The van der Waals surface area contributed by atoms with Crippen LogP contribution >= 0.6 is 23.5 Å². The van der Waals surface area contributed by atoms with Crippen molar-refractivity contribution < 1.29 is 48.2 Å². The lowest BCUT2D eigenvalue weighted by Gasteiger charge is -2.33. The van der Waals surface area contributed by atoms with Gasteiger partial charge in [-0.3, -0.25) is 9.59 Å². The summed E-state index contributed by atoms with van der Waals surface area (Å²) < 4.78 is 32.7. The van der Waals surface area contributed by atoms with Crippen LogP contribution in [-0.4, -0.2) is 84.2 Å². The molecule has 2 aliphatic rings. The highest BCUT2D eigenvalue weighted by Crippen LogP contribution is 2.36. The normalized spacial score (nSPS) is 19.6. The van der Waals surface area contributed by atoms with Crippen LogP contribution in [0.4, 0.5) is 0 Å². The Morgan fingerprint density at radius 1 is 0.692 bits per heavy atom. The van der Waals surface area contributed by atoms with Gasteiger partial charge in [-0.1, -0.05) is 0 Å². The zero-order valence-corrected chi connectivity index (χ0v) is 24.4. The molecule has 0 aliphatic carbocycles. The minimum absolute atomic E-state index is 0.0235. The standard InChI is InChI=1S/C27H44O10S2/c1-21(28)32-15-9-27(10-16-33-22(2)29,11-17-34-23(30)19-38-25-7-3-5-13-36-25)12-18-35-24(31)20-39-26-8-4-6-14-37-26/h25-26,28-29H,1-20H2. The Morgan fingerprint density at radius 2 is 1.08 bits per heavy atom. The average Bonchev–Trinajstić information content (AvgIpc) is 2.91. The molecule has 0 aromatic rings. The summed E-state index contributed by atoms with van der Waals surface area (Å²) in [6, 6.07) is 0. The van der Waals surface area contributed by atoms with Crippen molar-refractivity contribution in [2.75, 3.05) is 51.1 Å². The van der Waals surface area contributed by atoms with Crippen LogP contribution in [0.1, 0.15) is 64.2 Å². The van der Waals surface area contributed by atoms with Crippen molar-refractivity contribution in [1.29, 1.82) is 0 Å². The Labute approximate surface area is 240 Å². The molecule has 10 nitrogen and oxygen atoms in total. The molecule has 2 rings (SSSR count). The third kappa shape index (κ3) is 15.6. The van der Waals surface area contributed by atoms with Gasteiger partial charge in [0, 0.05) is 13.2 Å². The van der Waals surface area contributed by atoms with Crippen molar-refractivity contribution in [2.45, 2.75) is 75.1 Å². The Balaban J connectivity index is 1.88. The molecule has 0 saturated carbocycles. The van der Waals surface area contributed by atoms with Gasteiger partial charge in [0.15, 0.2) is 0 Å². The van der Waals surface area contributed by atoms with Crippen molar-refractivity contribution in [2.24, 2.45) is 5.41 Å². The van der Waals surface area contributed by atoms with Crippen molar-refractivity contribution >= 4 is 35.5 Å². The number of thioether (sulfide) groups is 2. The van der Waals surface area contributed by atoms with E-state index in [2.05, 4.69) is 13.2 Å². The number of carbonyl (C=O) groups is 2. The maximum atomic E-state index is 12.4. The quantitative estimate of drug-likeness (QED) is 0.142. The maximum Gasteiger partial charge on any atom is 0.315 e. The molecule has 2 heterocycles. The summed E-state index contributed by atoms with van der Waals surface area (Å²) in [4.78, 5) is 24.7. The van der Waals surface area contributed by atoms with E-state index in [0.29, 0.717) is 25.7 Å². The number of aliphatic hydroxyl groups is 2. The molecule has 0 amide bonds. The fourth-order valence-electron chi connectivity index (χ4n) is 4.37. The second-order valence-corrected chi connectivity index (χ2v) is 11.9. The first-order valence-corrected chi connectivity index (χ1v) is 15.7. The summed E-state index contributed by atoms with van der Waals surface area (Å²) in [6.45, 7) is 8.74. The van der Waals surface area contributed by atoms with Gasteiger partial charge in [0.2, 0.25) is 0 Å². The summed E-state index contributed by atoms with van der Waals surface area (Å²) in [5.74, 6) is -1.03. The summed E-state index contributed by atoms with van der Waals surface area (Å²) in [7, 11) is 0. The van der Waals surface area contributed by atoms with E-state index in [1.165, 1.54) is 23.5 Å². The maximum absolute atomic E-state index is 12.4. The Bertz CT molecular complexity index is 689. The topological polar surface area (TPSA) is 130 Å². The molecule has 0 aromatic heterocycles. The van der Waals surface area contributed by atoms with Crippen molar-refractivity contribution in [3.05, 3.63) is 25.0 Å². The zero-order valence-electron chi connectivity index (χ0n) is 22.8. The zero-order chi connectivity index (χ0) is 28.3. The molecule has 0 aromatic carbocycles. The van der Waals surface area contributed by atoms with Crippen LogP contribution in [0.15, 0.2) is 25.0 Å². The van der Waals surface area contributed by atoms with Crippen LogP contribution in [0.3, 0.4) is 0 Å². The minimum Gasteiger partial charge on any atom is -0.481 e. The van der Waals surface area contributed by atoms with Crippen LogP contribution in [0.2, 0.25) is 0 Å². The molecule has 39 heavy (non-hydrogen) atoms. The van der Waals surface area contributed by atoms with Crippen LogP contribution < -0.4 is 0 Å². The average molecular weight is 593 g/mol. The van der Waals surface area contributed by atoms with Gasteiger partial charge in [0.25, 0.3) is 11.9 Å². The monoisotopic (exact) mass is 592 g/mol. The first kappa shape index (κ1) is 33.4. The molecule has 2 saturated heterocycles. The summed E-state index contributed by atoms with van der Waals surface area (Å²) in [6.07, 6.45) is 7.91. The SMILES string of the molecule is C=C(O)OCCC(CCOC(=C)O)(CCOC(=O)CSC1CCCCO1)CCOC(=O)CSC1CCCCO1. The second kappa shape index (κ2) is 19.3. The lowest BCUT2D eigenvalue weighted by Crippen LogP contribution is -2.30. The van der Waals surface area contributed by atoms with Gasteiger partial charge in [-0.15, -0.1) is 23.5 Å². The Morgan fingerprint density at radius 3 is 1.41 bits per heavy atom. The van der Waals surface area contributed by atoms with Crippen molar-refractivity contribution in [3.63, 3.8) is 0 Å². The van der Waals surface area contributed by atoms with Crippen molar-refractivity contribution in [1.82, 2.24) is 0 Å². The first-order valence-electron chi connectivity index (χ1n) is 13.6. The van der Waals surface area contributed by atoms with E-state index in [1.54, 1.807) is 0 Å². The van der Waals surface area contributed by atoms with Gasteiger partial charge in [-0.05, 0) is 82.8 Å². The van der Waals surface area contributed by atoms with Crippen LogP contribution in [-0.2, 0) is 38.0 Å².